The Labute approximate surface area is 179 Å². The second-order valence-electron chi connectivity index (χ2n) is 7.01. The number of hydrogen-bond donors (Lipinski definition) is 1. The van der Waals surface area contributed by atoms with Gasteiger partial charge >= 0.3 is 0 Å². The van der Waals surface area contributed by atoms with Gasteiger partial charge in [-0.2, -0.15) is 0 Å². The van der Waals surface area contributed by atoms with Crippen LogP contribution in [-0.2, 0) is 16.4 Å². The molecule has 2 atom stereocenters. The summed E-state index contributed by atoms with van der Waals surface area (Å²) in [5.74, 6) is 0.978. The molecule has 0 amide bonds. The molecule has 0 saturated carbocycles. The van der Waals surface area contributed by atoms with Crippen LogP contribution in [0.3, 0.4) is 0 Å². The normalized spacial score (nSPS) is 19.6. The van der Waals surface area contributed by atoms with Crippen molar-refractivity contribution in [1.29, 1.82) is 0 Å². The highest BCUT2D eigenvalue weighted by Crippen LogP contribution is 2.25. The van der Waals surface area contributed by atoms with Gasteiger partial charge in [-0.3, -0.25) is 4.90 Å². The Hall–Kier alpha value is -1.12. The molecule has 1 aliphatic rings. The van der Waals surface area contributed by atoms with Crippen molar-refractivity contribution in [2.45, 2.75) is 25.1 Å². The largest absolute Gasteiger partial charge is 0.490 e. The van der Waals surface area contributed by atoms with Crippen LogP contribution in [0.1, 0.15) is 12.0 Å². The molecule has 1 fully saturated rings. The number of ether oxygens (including phenoxy) is 1. The lowest BCUT2D eigenvalue weighted by atomic mass is 10.1. The van der Waals surface area contributed by atoms with E-state index >= 15 is 0 Å². The van der Waals surface area contributed by atoms with Gasteiger partial charge in [-0.25, -0.2) is 8.42 Å². The van der Waals surface area contributed by atoms with E-state index in [1.54, 1.807) is 0 Å². The molecule has 152 valence electrons. The van der Waals surface area contributed by atoms with E-state index in [-0.39, 0.29) is 24.2 Å². The van der Waals surface area contributed by atoms with Crippen LogP contribution >= 0.6 is 27.5 Å². The van der Waals surface area contributed by atoms with Gasteiger partial charge in [-0.1, -0.05) is 35.9 Å². The first-order valence-electron chi connectivity index (χ1n) is 9.07. The summed E-state index contributed by atoms with van der Waals surface area (Å²) < 4.78 is 30.4. The van der Waals surface area contributed by atoms with Gasteiger partial charge in [0.25, 0.3) is 0 Å². The van der Waals surface area contributed by atoms with E-state index in [4.69, 9.17) is 16.3 Å². The molecule has 1 heterocycles. The number of nitrogens with zero attached hydrogens (tertiary/aromatic N) is 1. The Morgan fingerprint density at radius 2 is 1.93 bits per heavy atom. The molecule has 1 N–H and O–H groups in total. The van der Waals surface area contributed by atoms with Crippen LogP contribution in [0.5, 0.6) is 5.75 Å². The Morgan fingerprint density at radius 3 is 2.57 bits per heavy atom. The predicted octanol–water partition coefficient (Wildman–Crippen LogP) is 3.53. The average Bonchev–Trinajstić information content (AvgIpc) is 3.02. The Balaban J connectivity index is 1.65. The van der Waals surface area contributed by atoms with E-state index in [2.05, 4.69) is 15.9 Å². The zero-order valence-corrected chi connectivity index (χ0v) is 18.5. The van der Waals surface area contributed by atoms with Gasteiger partial charge in [0.15, 0.2) is 9.84 Å². The molecule has 3 rings (SSSR count). The first-order valence-corrected chi connectivity index (χ1v) is 12.1. The molecule has 5 nitrogen and oxygen atoms in total. The summed E-state index contributed by atoms with van der Waals surface area (Å²) in [7, 11) is -3.02. The van der Waals surface area contributed by atoms with Crippen molar-refractivity contribution >= 4 is 37.4 Å². The SMILES string of the molecule is O=S1(=O)CCC(N(Cc2ccc(Cl)cc2)CC(O)COc2ccccc2Br)C1. The van der Waals surface area contributed by atoms with Crippen LogP contribution < -0.4 is 4.74 Å². The van der Waals surface area contributed by atoms with Gasteiger partial charge in [0.1, 0.15) is 18.5 Å². The van der Waals surface area contributed by atoms with Crippen molar-refractivity contribution in [2.24, 2.45) is 0 Å². The molecule has 0 spiro atoms. The van der Waals surface area contributed by atoms with Crippen LogP contribution in [0.4, 0.5) is 0 Å². The Bertz CT molecular complexity index is 891. The first kappa shape index (κ1) is 21.6. The van der Waals surface area contributed by atoms with Crippen LogP contribution in [0.25, 0.3) is 0 Å². The first-order chi connectivity index (χ1) is 13.3. The van der Waals surface area contributed by atoms with Gasteiger partial charge < -0.3 is 9.84 Å². The second-order valence-corrected chi connectivity index (χ2v) is 10.5. The third kappa shape index (κ3) is 6.19. The van der Waals surface area contributed by atoms with Gasteiger partial charge in [0.2, 0.25) is 0 Å². The summed E-state index contributed by atoms with van der Waals surface area (Å²) >= 11 is 9.38. The van der Waals surface area contributed by atoms with Gasteiger partial charge in [0, 0.05) is 24.2 Å². The van der Waals surface area contributed by atoms with E-state index in [9.17, 15) is 13.5 Å². The minimum atomic E-state index is -3.02. The van der Waals surface area contributed by atoms with Gasteiger partial charge in [-0.05, 0) is 52.2 Å². The number of halogens is 2. The van der Waals surface area contributed by atoms with Crippen molar-refractivity contribution in [1.82, 2.24) is 4.90 Å². The van der Waals surface area contributed by atoms with E-state index in [1.807, 2.05) is 53.4 Å². The fraction of sp³-hybridized carbons (Fsp3) is 0.400. The van der Waals surface area contributed by atoms with E-state index in [1.165, 1.54) is 0 Å². The molecule has 28 heavy (non-hydrogen) atoms. The number of rotatable bonds is 8. The summed E-state index contributed by atoms with van der Waals surface area (Å²) in [6.45, 7) is 0.996. The van der Waals surface area contributed by atoms with Crippen LogP contribution in [0.2, 0.25) is 5.02 Å². The molecule has 2 aromatic rings. The van der Waals surface area contributed by atoms with E-state index in [0.717, 1.165) is 10.0 Å². The van der Waals surface area contributed by atoms with Crippen LogP contribution in [0, 0.1) is 0 Å². The van der Waals surface area contributed by atoms with Gasteiger partial charge in [0.05, 0.1) is 16.0 Å². The Morgan fingerprint density at radius 1 is 1.21 bits per heavy atom. The Kier molecular flexibility index (Phi) is 7.39. The molecular weight excluding hydrogens is 466 g/mol. The molecule has 0 radical (unpaired) electrons. The standard InChI is InChI=1S/C20H23BrClNO4S/c21-19-3-1-2-4-20(19)27-13-18(24)12-23(17-9-10-28(25,26)14-17)11-15-5-7-16(22)8-6-15/h1-8,17-18,24H,9-14H2. The summed E-state index contributed by atoms with van der Waals surface area (Å²) in [5.41, 5.74) is 1.02. The number of para-hydroxylation sites is 1. The number of hydrogen-bond acceptors (Lipinski definition) is 5. The maximum Gasteiger partial charge on any atom is 0.151 e. The molecule has 1 saturated heterocycles. The molecule has 8 heteroatoms. The monoisotopic (exact) mass is 487 g/mol. The van der Waals surface area contributed by atoms with Crippen molar-refractivity contribution < 1.29 is 18.3 Å². The molecular formula is C20H23BrClNO4S. The number of aliphatic hydroxyl groups is 1. The van der Waals surface area contributed by atoms with E-state index in [0.29, 0.717) is 30.3 Å². The highest BCUT2D eigenvalue weighted by molar-refractivity contribution is 9.10. The lowest BCUT2D eigenvalue weighted by Crippen LogP contribution is -2.42. The minimum absolute atomic E-state index is 0.112. The topological polar surface area (TPSA) is 66.8 Å². The zero-order valence-electron chi connectivity index (χ0n) is 15.3. The van der Waals surface area contributed by atoms with Gasteiger partial charge in [-0.15, -0.1) is 0 Å². The molecule has 2 aromatic carbocycles. The molecule has 1 aliphatic heterocycles. The maximum absolute atomic E-state index is 11.9. The highest BCUT2D eigenvalue weighted by atomic mass is 79.9. The lowest BCUT2D eigenvalue weighted by molar-refractivity contribution is 0.0522. The van der Waals surface area contributed by atoms with Crippen LogP contribution in [-0.4, -0.2) is 55.2 Å². The maximum atomic E-state index is 11.9. The highest BCUT2D eigenvalue weighted by Gasteiger charge is 2.33. The third-order valence-corrected chi connectivity index (χ3v) is 7.39. The van der Waals surface area contributed by atoms with Crippen molar-refractivity contribution in [3.05, 3.63) is 63.6 Å². The zero-order chi connectivity index (χ0) is 20.1. The second kappa shape index (κ2) is 9.59. The third-order valence-electron chi connectivity index (χ3n) is 4.74. The minimum Gasteiger partial charge on any atom is -0.490 e. The quantitative estimate of drug-likeness (QED) is 0.616. The fourth-order valence-electron chi connectivity index (χ4n) is 3.30. The summed E-state index contributed by atoms with van der Waals surface area (Å²) in [5, 5.41) is 11.2. The lowest BCUT2D eigenvalue weighted by Gasteiger charge is -2.30. The van der Waals surface area contributed by atoms with Crippen molar-refractivity contribution in [2.75, 3.05) is 24.7 Å². The summed E-state index contributed by atoms with van der Waals surface area (Å²) in [4.78, 5) is 2.03. The summed E-state index contributed by atoms with van der Waals surface area (Å²) in [6, 6.07) is 14.8. The van der Waals surface area contributed by atoms with Crippen LogP contribution in [0.15, 0.2) is 53.0 Å². The average molecular weight is 489 g/mol. The molecule has 0 aromatic heterocycles. The number of benzene rings is 2. The molecule has 0 aliphatic carbocycles. The predicted molar refractivity (Wildman–Crippen MR) is 115 cm³/mol. The molecule has 2 unspecified atom stereocenters. The fourth-order valence-corrected chi connectivity index (χ4v) is 5.59. The van der Waals surface area contributed by atoms with Crippen molar-refractivity contribution in [3.63, 3.8) is 0 Å². The van der Waals surface area contributed by atoms with Crippen molar-refractivity contribution in [3.8, 4) is 5.75 Å². The summed E-state index contributed by atoms with van der Waals surface area (Å²) in [6.07, 6.45) is -0.170. The smallest absolute Gasteiger partial charge is 0.151 e. The number of sulfone groups is 1. The molecule has 0 bridgehead atoms. The van der Waals surface area contributed by atoms with E-state index < -0.39 is 15.9 Å². The number of aliphatic hydroxyl groups excluding tert-OH is 1.